The summed E-state index contributed by atoms with van der Waals surface area (Å²) in [6.45, 7) is 6.33. The lowest BCUT2D eigenvalue weighted by Crippen LogP contribution is -2.31. The summed E-state index contributed by atoms with van der Waals surface area (Å²) in [5.41, 5.74) is 0. The van der Waals surface area contributed by atoms with Gasteiger partial charge in [-0.1, -0.05) is 26.0 Å². The largest absolute Gasteiger partial charge is 0.488 e. The minimum absolute atomic E-state index is 0.259. The van der Waals surface area contributed by atoms with Crippen molar-refractivity contribution in [2.45, 2.75) is 37.7 Å². The molecule has 0 aromatic heterocycles. The van der Waals surface area contributed by atoms with Gasteiger partial charge in [-0.25, -0.2) is 0 Å². The Labute approximate surface area is 109 Å². The van der Waals surface area contributed by atoms with Crippen LogP contribution in [-0.2, 0) is 0 Å². The zero-order chi connectivity index (χ0) is 12.5. The van der Waals surface area contributed by atoms with Gasteiger partial charge in [0, 0.05) is 11.4 Å². The number of para-hydroxylation sites is 1. The summed E-state index contributed by atoms with van der Waals surface area (Å²) in [4.78, 5) is 1.21. The maximum atomic E-state index is 6.05. The van der Waals surface area contributed by atoms with Crippen LogP contribution in [0.25, 0.3) is 0 Å². The highest BCUT2D eigenvalue weighted by Gasteiger charge is 2.09. The highest BCUT2D eigenvalue weighted by molar-refractivity contribution is 7.98. The Morgan fingerprint density at radius 3 is 2.71 bits per heavy atom. The monoisotopic (exact) mass is 253 g/mol. The zero-order valence-corrected chi connectivity index (χ0v) is 11.8. The van der Waals surface area contributed by atoms with Crippen LogP contribution in [0.15, 0.2) is 29.2 Å². The van der Waals surface area contributed by atoms with Crippen molar-refractivity contribution in [3.05, 3.63) is 24.3 Å². The van der Waals surface area contributed by atoms with E-state index >= 15 is 0 Å². The summed E-state index contributed by atoms with van der Waals surface area (Å²) in [5, 5.41) is 3.41. The van der Waals surface area contributed by atoms with Crippen LogP contribution in [0.5, 0.6) is 5.75 Å². The first-order valence-corrected chi connectivity index (χ1v) is 7.54. The molecule has 0 heterocycles. The average Bonchev–Trinajstić information content (AvgIpc) is 2.38. The lowest BCUT2D eigenvalue weighted by atomic mass is 10.2. The number of rotatable bonds is 8. The summed E-state index contributed by atoms with van der Waals surface area (Å²) in [6.07, 6.45) is 4.53. The molecule has 0 aliphatic carbocycles. The predicted molar refractivity (Wildman–Crippen MR) is 76.1 cm³/mol. The molecule has 1 rings (SSSR count). The SMILES string of the molecule is CCCNCC(CC)Oc1ccccc1SC. The van der Waals surface area contributed by atoms with Gasteiger partial charge in [0.15, 0.2) is 0 Å². The number of thioether (sulfide) groups is 1. The maximum absolute atomic E-state index is 6.05. The minimum atomic E-state index is 0.259. The van der Waals surface area contributed by atoms with Gasteiger partial charge >= 0.3 is 0 Å². The molecule has 2 nitrogen and oxygen atoms in total. The maximum Gasteiger partial charge on any atom is 0.133 e. The van der Waals surface area contributed by atoms with Crippen molar-refractivity contribution >= 4 is 11.8 Å². The van der Waals surface area contributed by atoms with Crippen LogP contribution >= 0.6 is 11.8 Å². The summed E-state index contributed by atoms with van der Waals surface area (Å²) >= 11 is 1.73. The fourth-order valence-corrected chi connectivity index (χ4v) is 2.14. The van der Waals surface area contributed by atoms with Crippen molar-refractivity contribution in [2.24, 2.45) is 0 Å². The van der Waals surface area contributed by atoms with Gasteiger partial charge in [0.2, 0.25) is 0 Å². The van der Waals surface area contributed by atoms with Crippen LogP contribution in [0, 0.1) is 0 Å². The molecule has 1 aromatic rings. The number of hydrogen-bond donors (Lipinski definition) is 1. The smallest absolute Gasteiger partial charge is 0.133 e. The summed E-state index contributed by atoms with van der Waals surface area (Å²) in [6, 6.07) is 8.23. The molecule has 1 aromatic carbocycles. The number of nitrogens with one attached hydrogen (secondary N) is 1. The van der Waals surface area contributed by atoms with E-state index in [2.05, 4.69) is 37.6 Å². The van der Waals surface area contributed by atoms with E-state index in [9.17, 15) is 0 Å². The summed E-state index contributed by atoms with van der Waals surface area (Å²) in [7, 11) is 0. The molecular formula is C14H23NOS. The highest BCUT2D eigenvalue weighted by Crippen LogP contribution is 2.27. The van der Waals surface area contributed by atoms with Gasteiger partial charge in [-0.2, -0.15) is 0 Å². The zero-order valence-electron chi connectivity index (χ0n) is 11.0. The molecular weight excluding hydrogens is 230 g/mol. The summed E-state index contributed by atoms with van der Waals surface area (Å²) in [5.74, 6) is 1.00. The van der Waals surface area contributed by atoms with Crippen LogP contribution in [0.1, 0.15) is 26.7 Å². The quantitative estimate of drug-likeness (QED) is 0.565. The fourth-order valence-electron chi connectivity index (χ4n) is 1.60. The molecule has 17 heavy (non-hydrogen) atoms. The van der Waals surface area contributed by atoms with E-state index in [4.69, 9.17) is 4.74 Å². The predicted octanol–water partition coefficient (Wildman–Crippen LogP) is 3.57. The van der Waals surface area contributed by atoms with Crippen molar-refractivity contribution in [2.75, 3.05) is 19.3 Å². The molecule has 96 valence electrons. The molecule has 0 radical (unpaired) electrons. The molecule has 3 heteroatoms. The molecule has 0 spiro atoms. The van der Waals surface area contributed by atoms with Gasteiger partial charge in [-0.15, -0.1) is 11.8 Å². The Balaban J connectivity index is 2.54. The lowest BCUT2D eigenvalue weighted by Gasteiger charge is -2.19. The molecule has 0 fully saturated rings. The van der Waals surface area contributed by atoms with Gasteiger partial charge in [-0.3, -0.25) is 0 Å². The van der Waals surface area contributed by atoms with E-state index in [1.165, 1.54) is 4.90 Å². The second-order valence-electron chi connectivity index (χ2n) is 4.00. The Morgan fingerprint density at radius 1 is 1.29 bits per heavy atom. The van der Waals surface area contributed by atoms with Gasteiger partial charge in [0.25, 0.3) is 0 Å². The number of ether oxygens (including phenoxy) is 1. The molecule has 0 saturated carbocycles. The van der Waals surface area contributed by atoms with Gasteiger partial charge in [0.05, 0.1) is 0 Å². The average molecular weight is 253 g/mol. The van der Waals surface area contributed by atoms with Crippen molar-refractivity contribution in [3.8, 4) is 5.75 Å². The Bertz CT molecular complexity index is 317. The van der Waals surface area contributed by atoms with E-state index < -0.39 is 0 Å². The molecule has 0 bridgehead atoms. The molecule has 0 amide bonds. The van der Waals surface area contributed by atoms with E-state index in [0.29, 0.717) is 0 Å². The number of benzene rings is 1. The van der Waals surface area contributed by atoms with Crippen molar-refractivity contribution in [1.82, 2.24) is 5.32 Å². The van der Waals surface area contributed by atoms with Gasteiger partial charge in [-0.05, 0) is 37.8 Å². The topological polar surface area (TPSA) is 21.3 Å². The van der Waals surface area contributed by atoms with E-state index in [-0.39, 0.29) is 6.10 Å². The Morgan fingerprint density at radius 2 is 2.06 bits per heavy atom. The van der Waals surface area contributed by atoms with Crippen LogP contribution in [-0.4, -0.2) is 25.4 Å². The van der Waals surface area contributed by atoms with Crippen molar-refractivity contribution in [3.63, 3.8) is 0 Å². The van der Waals surface area contributed by atoms with Crippen LogP contribution in [0.3, 0.4) is 0 Å². The first-order chi connectivity index (χ1) is 8.31. The van der Waals surface area contributed by atoms with E-state index in [1.807, 2.05) is 12.1 Å². The molecule has 1 atom stereocenters. The molecule has 1 unspecified atom stereocenters. The number of hydrogen-bond acceptors (Lipinski definition) is 3. The second-order valence-corrected chi connectivity index (χ2v) is 4.85. The van der Waals surface area contributed by atoms with Gasteiger partial charge in [0.1, 0.15) is 11.9 Å². The van der Waals surface area contributed by atoms with Gasteiger partial charge < -0.3 is 10.1 Å². The van der Waals surface area contributed by atoms with Crippen LogP contribution in [0.2, 0.25) is 0 Å². The third-order valence-electron chi connectivity index (χ3n) is 2.62. The molecule has 0 aliphatic rings. The third-order valence-corrected chi connectivity index (χ3v) is 3.39. The first-order valence-electron chi connectivity index (χ1n) is 6.32. The standard InChI is InChI=1S/C14H23NOS/c1-4-10-15-11-12(5-2)16-13-8-6-7-9-14(13)17-3/h6-9,12,15H,4-5,10-11H2,1-3H3. The fraction of sp³-hybridized carbons (Fsp3) is 0.571. The Kier molecular flexibility index (Phi) is 7.13. The second kappa shape index (κ2) is 8.43. The van der Waals surface area contributed by atoms with E-state index in [1.54, 1.807) is 11.8 Å². The summed E-state index contributed by atoms with van der Waals surface area (Å²) < 4.78 is 6.05. The van der Waals surface area contributed by atoms with Crippen molar-refractivity contribution < 1.29 is 4.74 Å². The van der Waals surface area contributed by atoms with Crippen LogP contribution in [0.4, 0.5) is 0 Å². The Hall–Kier alpha value is -0.670. The third kappa shape index (κ3) is 5.00. The van der Waals surface area contributed by atoms with Crippen molar-refractivity contribution in [1.29, 1.82) is 0 Å². The van der Waals surface area contributed by atoms with Crippen LogP contribution < -0.4 is 10.1 Å². The normalized spacial score (nSPS) is 12.4. The first kappa shape index (κ1) is 14.4. The molecule has 0 aliphatic heterocycles. The molecule has 1 N–H and O–H groups in total. The molecule has 0 saturated heterocycles. The van der Waals surface area contributed by atoms with E-state index in [0.717, 1.165) is 31.7 Å². The lowest BCUT2D eigenvalue weighted by molar-refractivity contribution is 0.189. The highest BCUT2D eigenvalue weighted by atomic mass is 32.2. The minimum Gasteiger partial charge on any atom is -0.488 e.